The molecule has 0 spiro atoms. The van der Waals surface area contributed by atoms with E-state index in [1.165, 1.54) is 135 Å². The molecule has 0 saturated heterocycles. The molecule has 0 amide bonds. The van der Waals surface area contributed by atoms with Gasteiger partial charge in [0.2, 0.25) is 0 Å². The Morgan fingerprint density at radius 2 is 1.20 bits per heavy atom. The molecule has 3 atom stereocenters. The van der Waals surface area contributed by atoms with Crippen LogP contribution in [0.4, 0.5) is 17.1 Å². The molecule has 3 saturated carbocycles. The molecule has 0 aromatic heterocycles. The Morgan fingerprint density at radius 1 is 0.491 bits per heavy atom. The van der Waals surface area contributed by atoms with Gasteiger partial charge >= 0.3 is 0 Å². The Kier molecular flexibility index (Phi) is 7.84. The number of benzene rings is 7. The Bertz CT molecular complexity index is 2580. The maximum absolute atomic E-state index is 2.53. The second-order valence-electron chi connectivity index (χ2n) is 18.0. The van der Waals surface area contributed by atoms with Crippen LogP contribution in [0, 0.1) is 11.8 Å². The van der Waals surface area contributed by atoms with Crippen molar-refractivity contribution in [3.63, 3.8) is 0 Å². The fourth-order valence-corrected chi connectivity index (χ4v) is 11.6. The first-order valence-corrected chi connectivity index (χ1v) is 21.2. The van der Waals surface area contributed by atoms with Crippen LogP contribution < -0.4 is 4.90 Å². The Hall–Kier alpha value is -5.14. The van der Waals surface area contributed by atoms with Crippen molar-refractivity contribution in [1.82, 2.24) is 0 Å². The first kappa shape index (κ1) is 33.2. The molecule has 0 radical (unpaired) electrons. The monoisotopic (exact) mass is 713 g/mol. The third kappa shape index (κ3) is 5.56. The molecule has 55 heavy (non-hydrogen) atoms. The summed E-state index contributed by atoms with van der Waals surface area (Å²) in [7, 11) is 0. The molecule has 4 aliphatic carbocycles. The van der Waals surface area contributed by atoms with Gasteiger partial charge in [-0.25, -0.2) is 0 Å². The lowest BCUT2D eigenvalue weighted by Gasteiger charge is -2.29. The molecular formula is C54H51N. The average Bonchev–Trinajstić information content (AvgIpc) is 3.94. The summed E-state index contributed by atoms with van der Waals surface area (Å²) in [5, 5.41) is 5.26. The SMILES string of the molecule is CC1(C)c2cc(-c3cccc4ccccc34)ccc2-c2ccc(N(c3ccc(C4CC5CCC4C5)cc3)c3ccc4ccc(C5CCCCC5)cc4c3)cc21. The number of hydrogen-bond acceptors (Lipinski definition) is 1. The van der Waals surface area contributed by atoms with Crippen molar-refractivity contribution in [2.24, 2.45) is 11.8 Å². The van der Waals surface area contributed by atoms with Crippen LogP contribution in [0.5, 0.6) is 0 Å². The van der Waals surface area contributed by atoms with Crippen LogP contribution in [0.2, 0.25) is 0 Å². The van der Waals surface area contributed by atoms with Gasteiger partial charge in [0, 0.05) is 22.5 Å². The van der Waals surface area contributed by atoms with E-state index in [9.17, 15) is 0 Å². The van der Waals surface area contributed by atoms with Crippen molar-refractivity contribution < 1.29 is 0 Å². The van der Waals surface area contributed by atoms with Gasteiger partial charge in [0.05, 0.1) is 0 Å². The van der Waals surface area contributed by atoms with Gasteiger partial charge in [-0.1, -0.05) is 137 Å². The standard InChI is InChI=1S/C54H51N/c1-54(2)52-33-42(48-14-8-12-38-11-6-7-13-47(38)48)22-27-49(52)50-28-26-46(34-53(50)54)55(44-23-20-39(21-24-44)51-30-35-15-16-41(51)29-35)45-25-19-37-17-18-40(31-43(37)32-45)36-9-4-3-5-10-36/h6-8,11-14,17-28,31-36,41,51H,3-5,9-10,15-16,29-30H2,1-2H3. The van der Waals surface area contributed by atoms with Crippen LogP contribution in [0.15, 0.2) is 140 Å². The first-order chi connectivity index (χ1) is 27.0. The van der Waals surface area contributed by atoms with E-state index in [2.05, 4.69) is 158 Å². The maximum Gasteiger partial charge on any atom is 0.0468 e. The molecule has 3 unspecified atom stereocenters. The highest BCUT2D eigenvalue weighted by molar-refractivity contribution is 5.98. The van der Waals surface area contributed by atoms with E-state index >= 15 is 0 Å². The predicted octanol–water partition coefficient (Wildman–Crippen LogP) is 15.4. The second-order valence-corrected chi connectivity index (χ2v) is 18.0. The van der Waals surface area contributed by atoms with Crippen molar-refractivity contribution in [2.75, 3.05) is 4.90 Å². The van der Waals surface area contributed by atoms with Gasteiger partial charge in [-0.05, 0) is 164 Å². The van der Waals surface area contributed by atoms with Gasteiger partial charge in [-0.15, -0.1) is 0 Å². The minimum atomic E-state index is -0.142. The zero-order valence-corrected chi connectivity index (χ0v) is 32.4. The molecule has 3 fully saturated rings. The van der Waals surface area contributed by atoms with Gasteiger partial charge in [-0.3, -0.25) is 0 Å². The molecule has 272 valence electrons. The quantitative estimate of drug-likeness (QED) is 0.166. The lowest BCUT2D eigenvalue weighted by Crippen LogP contribution is -2.17. The predicted molar refractivity (Wildman–Crippen MR) is 233 cm³/mol. The number of rotatable bonds is 6. The average molecular weight is 714 g/mol. The van der Waals surface area contributed by atoms with Crippen molar-refractivity contribution in [3.05, 3.63) is 162 Å². The van der Waals surface area contributed by atoms with Crippen molar-refractivity contribution in [3.8, 4) is 22.3 Å². The minimum Gasteiger partial charge on any atom is -0.310 e. The van der Waals surface area contributed by atoms with Crippen molar-refractivity contribution in [1.29, 1.82) is 0 Å². The number of anilines is 3. The summed E-state index contributed by atoms with van der Waals surface area (Å²) in [4.78, 5) is 2.53. The zero-order valence-electron chi connectivity index (χ0n) is 32.4. The number of nitrogens with zero attached hydrogens (tertiary/aromatic N) is 1. The number of fused-ring (bicyclic) bond motifs is 7. The van der Waals surface area contributed by atoms with Crippen LogP contribution in [0.3, 0.4) is 0 Å². The maximum atomic E-state index is 2.53. The summed E-state index contributed by atoms with van der Waals surface area (Å²) < 4.78 is 0. The van der Waals surface area contributed by atoms with Crippen LogP contribution >= 0.6 is 0 Å². The van der Waals surface area contributed by atoms with Gasteiger partial charge in [-0.2, -0.15) is 0 Å². The highest BCUT2D eigenvalue weighted by Gasteiger charge is 2.40. The molecule has 1 nitrogen and oxygen atoms in total. The second kappa shape index (κ2) is 13.0. The molecule has 0 N–H and O–H groups in total. The molecule has 4 aliphatic rings. The highest BCUT2D eigenvalue weighted by atomic mass is 15.1. The lowest BCUT2D eigenvalue weighted by molar-refractivity contribution is 0.420. The van der Waals surface area contributed by atoms with E-state index in [1.807, 2.05) is 0 Å². The van der Waals surface area contributed by atoms with E-state index in [0.717, 1.165) is 17.8 Å². The van der Waals surface area contributed by atoms with Gasteiger partial charge in [0.25, 0.3) is 0 Å². The van der Waals surface area contributed by atoms with E-state index in [4.69, 9.17) is 0 Å². The minimum absolute atomic E-state index is 0.142. The molecular weight excluding hydrogens is 663 g/mol. The number of hydrogen-bond donors (Lipinski definition) is 0. The highest BCUT2D eigenvalue weighted by Crippen LogP contribution is 2.54. The molecule has 7 aromatic carbocycles. The van der Waals surface area contributed by atoms with Crippen LogP contribution in [0.1, 0.15) is 106 Å². The summed E-state index contributed by atoms with van der Waals surface area (Å²) in [6.45, 7) is 4.84. The van der Waals surface area contributed by atoms with E-state index in [1.54, 1.807) is 5.56 Å². The van der Waals surface area contributed by atoms with E-state index in [0.29, 0.717) is 5.92 Å². The first-order valence-electron chi connectivity index (χ1n) is 21.2. The summed E-state index contributed by atoms with van der Waals surface area (Å²) in [6.07, 6.45) is 12.4. The molecule has 1 heteroatoms. The largest absolute Gasteiger partial charge is 0.310 e. The summed E-state index contributed by atoms with van der Waals surface area (Å²) in [5.41, 5.74) is 14.7. The fraction of sp³-hybridized carbons (Fsp3) is 0.296. The molecule has 7 aromatic rings. The van der Waals surface area contributed by atoms with Crippen molar-refractivity contribution in [2.45, 2.75) is 88.9 Å². The molecule has 0 heterocycles. The molecule has 2 bridgehead atoms. The zero-order chi connectivity index (χ0) is 36.7. The van der Waals surface area contributed by atoms with E-state index in [-0.39, 0.29) is 5.41 Å². The normalized spacial score (nSPS) is 21.2. The summed E-state index contributed by atoms with van der Waals surface area (Å²) in [6, 6.07) is 54.0. The van der Waals surface area contributed by atoms with E-state index < -0.39 is 0 Å². The third-order valence-corrected chi connectivity index (χ3v) is 14.5. The van der Waals surface area contributed by atoms with Crippen molar-refractivity contribution >= 4 is 38.6 Å². The lowest BCUT2D eigenvalue weighted by atomic mass is 9.81. The Morgan fingerprint density at radius 3 is 2.02 bits per heavy atom. The smallest absolute Gasteiger partial charge is 0.0468 e. The van der Waals surface area contributed by atoms with Gasteiger partial charge in [0.15, 0.2) is 0 Å². The third-order valence-electron chi connectivity index (χ3n) is 14.5. The van der Waals surface area contributed by atoms with Gasteiger partial charge < -0.3 is 4.90 Å². The Balaban J connectivity index is 1.01. The van der Waals surface area contributed by atoms with Gasteiger partial charge in [0.1, 0.15) is 0 Å². The Labute approximate surface area is 327 Å². The van der Waals surface area contributed by atoms with Crippen LogP contribution in [-0.2, 0) is 5.41 Å². The summed E-state index contributed by atoms with van der Waals surface area (Å²) in [5.74, 6) is 3.26. The van der Waals surface area contributed by atoms with Crippen LogP contribution in [0.25, 0.3) is 43.8 Å². The molecule has 0 aliphatic heterocycles. The van der Waals surface area contributed by atoms with Crippen LogP contribution in [-0.4, -0.2) is 0 Å². The molecule has 11 rings (SSSR count). The fourth-order valence-electron chi connectivity index (χ4n) is 11.6. The topological polar surface area (TPSA) is 3.24 Å². The summed E-state index contributed by atoms with van der Waals surface area (Å²) >= 11 is 0.